The summed E-state index contributed by atoms with van der Waals surface area (Å²) < 4.78 is 0. The van der Waals surface area contributed by atoms with Gasteiger partial charge in [-0.2, -0.15) is 24.3 Å². The molecule has 0 aliphatic heterocycles. The van der Waals surface area contributed by atoms with Crippen molar-refractivity contribution < 1.29 is 32.7 Å². The van der Waals surface area contributed by atoms with E-state index in [1.165, 1.54) is 11.1 Å². The van der Waals surface area contributed by atoms with Gasteiger partial charge in [0.1, 0.15) is 0 Å². The van der Waals surface area contributed by atoms with Crippen molar-refractivity contribution in [2.75, 3.05) is 0 Å². The second-order valence-electron chi connectivity index (χ2n) is 2.23. The molecule has 2 rings (SSSR count). The van der Waals surface area contributed by atoms with Crippen molar-refractivity contribution in [3.05, 3.63) is 41.5 Å². The van der Waals surface area contributed by atoms with Crippen LogP contribution in [0.15, 0.2) is 24.3 Å². The minimum atomic E-state index is 0. The molecule has 0 nitrogen and oxygen atoms in total. The molecular weight excluding hydrogens is 197 g/mol. The zero-order valence-corrected chi connectivity index (χ0v) is 8.51. The third-order valence-corrected chi connectivity index (χ3v) is 1.63. The summed E-state index contributed by atoms with van der Waals surface area (Å²) in [5, 5.41) is 0. The summed E-state index contributed by atoms with van der Waals surface area (Å²) in [6.07, 6.45) is 5.42. The quantitative estimate of drug-likeness (QED) is 0.567. The van der Waals surface area contributed by atoms with Gasteiger partial charge >= 0.3 is 0 Å². The molecule has 0 aromatic heterocycles. The Bertz CT molecular complexity index is 251. The van der Waals surface area contributed by atoms with Gasteiger partial charge in [-0.1, -0.05) is 6.08 Å². The smallest absolute Gasteiger partial charge is 0 e. The molecule has 0 atom stereocenters. The Kier molecular flexibility index (Phi) is 2.82. The molecule has 10 heavy (non-hydrogen) atoms. The van der Waals surface area contributed by atoms with Gasteiger partial charge < -0.3 is 0 Å². The first kappa shape index (κ1) is 8.16. The molecular formula is C9H7Y-. The summed E-state index contributed by atoms with van der Waals surface area (Å²) in [7, 11) is 0. The Morgan fingerprint density at radius 2 is 2.30 bits per heavy atom. The van der Waals surface area contributed by atoms with Gasteiger partial charge in [-0.05, 0) is 6.42 Å². The zero-order chi connectivity index (χ0) is 6.10. The number of hydrogen-bond acceptors (Lipinski definition) is 0. The van der Waals surface area contributed by atoms with Crippen LogP contribution in [0.5, 0.6) is 0 Å². The summed E-state index contributed by atoms with van der Waals surface area (Å²) in [6, 6.07) is 9.15. The molecule has 1 aliphatic carbocycles. The van der Waals surface area contributed by atoms with Crippen molar-refractivity contribution in [3.63, 3.8) is 0 Å². The topological polar surface area (TPSA) is 0 Å². The number of benzene rings is 1. The molecule has 1 radical (unpaired) electrons. The monoisotopic (exact) mass is 204 g/mol. The summed E-state index contributed by atoms with van der Waals surface area (Å²) in [6.45, 7) is 0. The SMILES string of the molecule is [Y].[c-]1ccc2c(c1)C=CC2. The van der Waals surface area contributed by atoms with E-state index in [-0.39, 0.29) is 32.7 Å². The van der Waals surface area contributed by atoms with Crippen LogP contribution in [0.25, 0.3) is 6.08 Å². The Labute approximate surface area is 86.2 Å². The van der Waals surface area contributed by atoms with Crippen molar-refractivity contribution in [2.45, 2.75) is 6.42 Å². The summed E-state index contributed by atoms with van der Waals surface area (Å²) in [5.41, 5.74) is 2.76. The Morgan fingerprint density at radius 1 is 1.40 bits per heavy atom. The molecule has 47 valence electrons. The average molecular weight is 204 g/mol. The van der Waals surface area contributed by atoms with Gasteiger partial charge in [0.05, 0.1) is 0 Å². The third-order valence-electron chi connectivity index (χ3n) is 1.63. The first-order valence-corrected chi connectivity index (χ1v) is 3.12. The Morgan fingerprint density at radius 3 is 3.10 bits per heavy atom. The van der Waals surface area contributed by atoms with Crippen LogP contribution in [0, 0.1) is 6.07 Å². The van der Waals surface area contributed by atoms with E-state index in [4.69, 9.17) is 0 Å². The van der Waals surface area contributed by atoms with Crippen molar-refractivity contribution in [3.8, 4) is 0 Å². The predicted molar refractivity (Wildman–Crippen MR) is 38.0 cm³/mol. The van der Waals surface area contributed by atoms with Crippen molar-refractivity contribution >= 4 is 6.08 Å². The van der Waals surface area contributed by atoms with Crippen molar-refractivity contribution in [1.29, 1.82) is 0 Å². The Balaban J connectivity index is 0.000000500. The standard InChI is InChI=1S/C9H7.Y/c1-2-5-9-7-3-6-8(9)4-1;/h1,3-5,7H,6H2;/q-1;. The first-order chi connectivity index (χ1) is 4.47. The van der Waals surface area contributed by atoms with Gasteiger partial charge in [-0.3, -0.25) is 0 Å². The predicted octanol–water partition coefficient (Wildman–Crippen LogP) is 2.05. The van der Waals surface area contributed by atoms with Crippen LogP contribution in [0.2, 0.25) is 0 Å². The van der Waals surface area contributed by atoms with Crippen LogP contribution < -0.4 is 0 Å². The molecule has 1 aliphatic rings. The second-order valence-corrected chi connectivity index (χ2v) is 2.23. The number of rotatable bonds is 0. The van der Waals surface area contributed by atoms with E-state index < -0.39 is 0 Å². The largest absolute Gasteiger partial charge is 0.183 e. The first-order valence-electron chi connectivity index (χ1n) is 3.12. The van der Waals surface area contributed by atoms with E-state index in [0.29, 0.717) is 0 Å². The van der Waals surface area contributed by atoms with Crippen LogP contribution in [0.1, 0.15) is 11.1 Å². The van der Waals surface area contributed by atoms with Gasteiger partial charge in [0, 0.05) is 32.7 Å². The van der Waals surface area contributed by atoms with Crippen LogP contribution in [0.3, 0.4) is 0 Å². The van der Waals surface area contributed by atoms with E-state index in [1.807, 2.05) is 12.1 Å². The maximum atomic E-state index is 3.04. The molecule has 0 unspecified atom stereocenters. The molecule has 0 fully saturated rings. The van der Waals surface area contributed by atoms with Crippen LogP contribution in [0.4, 0.5) is 0 Å². The summed E-state index contributed by atoms with van der Waals surface area (Å²) in [5.74, 6) is 0. The van der Waals surface area contributed by atoms with Gasteiger partial charge in [0.25, 0.3) is 0 Å². The van der Waals surface area contributed by atoms with Gasteiger partial charge in [-0.25, -0.2) is 0 Å². The summed E-state index contributed by atoms with van der Waals surface area (Å²) >= 11 is 0. The molecule has 0 N–H and O–H groups in total. The van der Waals surface area contributed by atoms with E-state index in [1.54, 1.807) is 0 Å². The zero-order valence-electron chi connectivity index (χ0n) is 5.67. The fourth-order valence-electron chi connectivity index (χ4n) is 1.13. The molecule has 1 aromatic carbocycles. The number of allylic oxidation sites excluding steroid dienone is 1. The third kappa shape index (κ3) is 1.38. The fourth-order valence-corrected chi connectivity index (χ4v) is 1.13. The van der Waals surface area contributed by atoms with Crippen LogP contribution in [-0.2, 0) is 39.1 Å². The second kappa shape index (κ2) is 3.45. The fraction of sp³-hybridized carbons (Fsp3) is 0.111. The molecule has 0 amide bonds. The maximum Gasteiger partial charge on any atom is 0 e. The molecule has 1 aromatic rings. The van der Waals surface area contributed by atoms with Crippen LogP contribution in [-0.4, -0.2) is 0 Å². The van der Waals surface area contributed by atoms with Crippen molar-refractivity contribution in [1.82, 2.24) is 0 Å². The minimum absolute atomic E-state index is 0. The van der Waals surface area contributed by atoms with Crippen molar-refractivity contribution in [2.24, 2.45) is 0 Å². The number of hydrogen-bond donors (Lipinski definition) is 0. The maximum absolute atomic E-state index is 3.04. The molecule has 0 saturated heterocycles. The Hall–Kier alpha value is 0.0639. The average Bonchev–Trinajstić information content (AvgIpc) is 2.33. The summed E-state index contributed by atoms with van der Waals surface area (Å²) in [4.78, 5) is 0. The van der Waals surface area contributed by atoms with E-state index in [2.05, 4.69) is 24.3 Å². The normalized spacial score (nSPS) is 12.4. The molecule has 0 heterocycles. The van der Waals surface area contributed by atoms with E-state index >= 15 is 0 Å². The minimum Gasteiger partial charge on any atom is -0.183 e. The number of fused-ring (bicyclic) bond motifs is 1. The van der Waals surface area contributed by atoms with Gasteiger partial charge in [0.15, 0.2) is 0 Å². The van der Waals surface area contributed by atoms with Gasteiger partial charge in [-0.15, -0.1) is 17.2 Å². The molecule has 0 saturated carbocycles. The van der Waals surface area contributed by atoms with Gasteiger partial charge in [0.2, 0.25) is 0 Å². The van der Waals surface area contributed by atoms with E-state index in [0.717, 1.165) is 6.42 Å². The van der Waals surface area contributed by atoms with Crippen LogP contribution >= 0.6 is 0 Å². The van der Waals surface area contributed by atoms with E-state index in [9.17, 15) is 0 Å². The molecule has 0 spiro atoms. The molecule has 0 bridgehead atoms. The molecule has 1 heteroatoms.